The zero-order valence-corrected chi connectivity index (χ0v) is 42.7. The maximum absolute atomic E-state index is 12.3. The van der Waals surface area contributed by atoms with E-state index in [1.165, 1.54) is 154 Å². The molecule has 0 saturated heterocycles. The minimum absolute atomic E-state index is 0.0641. The van der Waals surface area contributed by atoms with E-state index in [1.54, 1.807) is 0 Å². The van der Waals surface area contributed by atoms with Gasteiger partial charge in [-0.3, -0.25) is 9.59 Å². The predicted molar refractivity (Wildman–Crippen MR) is 283 cm³/mol. The number of ether oxygens (including phenoxy) is 2. The number of aliphatic hydroxyl groups excluding tert-OH is 1. The largest absolute Gasteiger partial charge is 0.462 e. The number of hydrogen-bond donors (Lipinski definition) is 1. The van der Waals surface area contributed by atoms with Gasteiger partial charge in [-0.1, -0.05) is 266 Å². The third-order valence-electron chi connectivity index (χ3n) is 12.0. The monoisotopic (exact) mass is 905 g/mol. The van der Waals surface area contributed by atoms with Crippen molar-refractivity contribution in [2.24, 2.45) is 0 Å². The van der Waals surface area contributed by atoms with Crippen molar-refractivity contribution in [1.82, 2.24) is 0 Å². The molecule has 0 aromatic heterocycles. The van der Waals surface area contributed by atoms with Crippen molar-refractivity contribution < 1.29 is 24.2 Å². The first kappa shape index (κ1) is 62.1. The lowest BCUT2D eigenvalue weighted by Crippen LogP contribution is -2.28. The number of aliphatic hydroxyl groups is 1. The second-order valence-corrected chi connectivity index (χ2v) is 18.3. The molecule has 374 valence electrons. The molecule has 1 N–H and O–H groups in total. The lowest BCUT2D eigenvalue weighted by molar-refractivity contribution is -0.161. The third kappa shape index (κ3) is 53.6. The van der Waals surface area contributed by atoms with E-state index in [4.69, 9.17) is 9.47 Å². The highest BCUT2D eigenvalue weighted by Gasteiger charge is 2.16. The van der Waals surface area contributed by atoms with Crippen LogP contribution in [-0.2, 0) is 19.1 Å². The van der Waals surface area contributed by atoms with Gasteiger partial charge in [-0.05, 0) is 70.6 Å². The van der Waals surface area contributed by atoms with Crippen molar-refractivity contribution in [3.8, 4) is 0 Å². The smallest absolute Gasteiger partial charge is 0.306 e. The Hall–Kier alpha value is -2.92. The van der Waals surface area contributed by atoms with Crippen molar-refractivity contribution in [2.45, 2.75) is 270 Å². The third-order valence-corrected chi connectivity index (χ3v) is 12.0. The number of carbonyl (C=O) groups is 2. The molecule has 0 aromatic rings. The number of rotatable bonds is 50. The van der Waals surface area contributed by atoms with E-state index in [-0.39, 0.29) is 25.2 Å². The SMILES string of the molecule is CC/C=C\C/C=C\C/C=C\C/C=C\C/C=C\C/C=C\C/C=C\CCCCCCCCCCCCCCCCCC(=O)OC(CO)COC(=O)CCCCCCCCCCCCCCCC. The molecule has 0 rings (SSSR count). The molecule has 5 nitrogen and oxygen atoms in total. The molecule has 0 aliphatic carbocycles. The molecular formula is C60H104O5. The first-order valence-corrected chi connectivity index (χ1v) is 27.6. The first-order valence-electron chi connectivity index (χ1n) is 27.6. The average Bonchev–Trinajstić information content (AvgIpc) is 3.31. The van der Waals surface area contributed by atoms with E-state index < -0.39 is 6.10 Å². The topological polar surface area (TPSA) is 72.8 Å². The average molecular weight is 905 g/mol. The van der Waals surface area contributed by atoms with Crippen LogP contribution in [0.15, 0.2) is 85.1 Å². The highest BCUT2D eigenvalue weighted by molar-refractivity contribution is 5.70. The fourth-order valence-electron chi connectivity index (χ4n) is 7.83. The molecule has 0 aromatic carbocycles. The van der Waals surface area contributed by atoms with E-state index in [1.807, 2.05) is 0 Å². The molecule has 5 heteroatoms. The van der Waals surface area contributed by atoms with Crippen LogP contribution in [0.5, 0.6) is 0 Å². The van der Waals surface area contributed by atoms with Crippen LogP contribution in [0.3, 0.4) is 0 Å². The van der Waals surface area contributed by atoms with Crippen LogP contribution in [0.1, 0.15) is 264 Å². The van der Waals surface area contributed by atoms with Crippen LogP contribution < -0.4 is 0 Å². The van der Waals surface area contributed by atoms with Gasteiger partial charge in [-0.15, -0.1) is 0 Å². The van der Waals surface area contributed by atoms with Crippen LogP contribution >= 0.6 is 0 Å². The van der Waals surface area contributed by atoms with Crippen molar-refractivity contribution >= 4 is 11.9 Å². The Bertz CT molecular complexity index is 1210. The molecule has 65 heavy (non-hydrogen) atoms. The minimum Gasteiger partial charge on any atom is -0.462 e. The van der Waals surface area contributed by atoms with E-state index in [0.29, 0.717) is 12.8 Å². The van der Waals surface area contributed by atoms with Crippen molar-refractivity contribution in [2.75, 3.05) is 13.2 Å². The summed E-state index contributed by atoms with van der Waals surface area (Å²) in [5, 5.41) is 9.62. The lowest BCUT2D eigenvalue weighted by Gasteiger charge is -2.15. The van der Waals surface area contributed by atoms with Crippen LogP contribution in [0, 0.1) is 0 Å². The standard InChI is InChI=1S/C60H104O5/c1-3-5-7-9-11-13-15-17-19-20-21-22-23-24-25-26-27-28-29-30-31-32-33-34-35-36-37-38-39-40-41-43-45-47-49-51-53-55-60(63)65-58(56-61)57-64-59(62)54-52-50-48-46-44-42-18-16-14-12-10-8-6-4-2/h5,7,11,13,17,19,21-22,24-25,27-28,30-31,58,61H,3-4,6,8-10,12,14-16,18,20,23,26,29,32-57H2,1-2H3/b7-5-,13-11-,19-17-,22-21-,25-24-,28-27-,31-30-. The van der Waals surface area contributed by atoms with Gasteiger partial charge in [0.1, 0.15) is 6.61 Å². The molecular weight excluding hydrogens is 801 g/mol. The minimum atomic E-state index is -0.772. The molecule has 1 atom stereocenters. The molecule has 0 radical (unpaired) electrons. The van der Waals surface area contributed by atoms with E-state index in [2.05, 4.69) is 98.9 Å². The normalized spacial score (nSPS) is 12.8. The summed E-state index contributed by atoms with van der Waals surface area (Å²) in [5.74, 6) is -0.583. The maximum atomic E-state index is 12.3. The van der Waals surface area contributed by atoms with Crippen molar-refractivity contribution in [3.05, 3.63) is 85.1 Å². The van der Waals surface area contributed by atoms with Gasteiger partial charge < -0.3 is 14.6 Å². The van der Waals surface area contributed by atoms with Crippen LogP contribution in [0.4, 0.5) is 0 Å². The Balaban J connectivity index is 3.48. The van der Waals surface area contributed by atoms with Crippen molar-refractivity contribution in [1.29, 1.82) is 0 Å². The van der Waals surface area contributed by atoms with Gasteiger partial charge in [-0.2, -0.15) is 0 Å². The molecule has 1 unspecified atom stereocenters. The molecule has 0 fully saturated rings. The summed E-state index contributed by atoms with van der Waals surface area (Å²) < 4.78 is 10.7. The van der Waals surface area contributed by atoms with Gasteiger partial charge in [0.15, 0.2) is 6.10 Å². The zero-order chi connectivity index (χ0) is 47.0. The molecule has 0 saturated carbocycles. The summed E-state index contributed by atoms with van der Waals surface area (Å²) in [5.41, 5.74) is 0. The number of carbonyl (C=O) groups excluding carboxylic acids is 2. The number of unbranched alkanes of at least 4 members (excludes halogenated alkanes) is 28. The van der Waals surface area contributed by atoms with E-state index in [0.717, 1.165) is 83.5 Å². The molecule has 0 spiro atoms. The highest BCUT2D eigenvalue weighted by atomic mass is 16.6. The Morgan fingerprint density at radius 2 is 0.662 bits per heavy atom. The number of allylic oxidation sites excluding steroid dienone is 14. The second kappa shape index (κ2) is 55.4. The molecule has 0 amide bonds. The van der Waals surface area contributed by atoms with Gasteiger partial charge in [0, 0.05) is 12.8 Å². The number of esters is 2. The van der Waals surface area contributed by atoms with Gasteiger partial charge in [-0.25, -0.2) is 0 Å². The lowest BCUT2D eigenvalue weighted by atomic mass is 10.0. The quantitative estimate of drug-likeness (QED) is 0.0374. The van der Waals surface area contributed by atoms with Gasteiger partial charge in [0.05, 0.1) is 6.61 Å². The molecule has 0 aliphatic heterocycles. The van der Waals surface area contributed by atoms with Gasteiger partial charge in [0.2, 0.25) is 0 Å². The summed E-state index contributed by atoms with van der Waals surface area (Å²) in [6.45, 7) is 4.04. The Kier molecular flexibility index (Phi) is 52.9. The molecule has 0 aliphatic rings. The van der Waals surface area contributed by atoms with E-state index in [9.17, 15) is 14.7 Å². The summed E-state index contributed by atoms with van der Waals surface area (Å²) in [4.78, 5) is 24.4. The highest BCUT2D eigenvalue weighted by Crippen LogP contribution is 2.16. The summed E-state index contributed by atoms with van der Waals surface area (Å²) in [6, 6.07) is 0. The zero-order valence-electron chi connectivity index (χ0n) is 42.7. The Morgan fingerprint density at radius 1 is 0.369 bits per heavy atom. The number of hydrogen-bond acceptors (Lipinski definition) is 5. The van der Waals surface area contributed by atoms with Crippen LogP contribution in [0.2, 0.25) is 0 Å². The summed E-state index contributed by atoms with van der Waals surface area (Å²) in [6.07, 6.45) is 77.0. The fraction of sp³-hybridized carbons (Fsp3) is 0.733. The second-order valence-electron chi connectivity index (χ2n) is 18.3. The van der Waals surface area contributed by atoms with Crippen LogP contribution in [-0.4, -0.2) is 36.4 Å². The Labute approximate surface area is 403 Å². The molecule has 0 bridgehead atoms. The van der Waals surface area contributed by atoms with Crippen LogP contribution in [0.25, 0.3) is 0 Å². The van der Waals surface area contributed by atoms with E-state index >= 15 is 0 Å². The fourth-order valence-corrected chi connectivity index (χ4v) is 7.83. The summed E-state index contributed by atoms with van der Waals surface area (Å²) in [7, 11) is 0. The maximum Gasteiger partial charge on any atom is 0.306 e. The predicted octanol–water partition coefficient (Wildman–Crippen LogP) is 18.6. The Morgan fingerprint density at radius 3 is 1.00 bits per heavy atom. The van der Waals surface area contributed by atoms with Gasteiger partial charge >= 0.3 is 11.9 Å². The van der Waals surface area contributed by atoms with Gasteiger partial charge in [0.25, 0.3) is 0 Å². The first-order chi connectivity index (χ1) is 32.1. The van der Waals surface area contributed by atoms with Crippen molar-refractivity contribution in [3.63, 3.8) is 0 Å². The summed E-state index contributed by atoms with van der Waals surface area (Å²) >= 11 is 0. The molecule has 0 heterocycles.